The molecule has 1 aliphatic rings. The quantitative estimate of drug-likeness (QED) is 0.364. The van der Waals surface area contributed by atoms with Gasteiger partial charge in [-0.2, -0.15) is 17.5 Å². The molecule has 4 heterocycles. The smallest absolute Gasteiger partial charge is 0.443 e. The highest BCUT2D eigenvalue weighted by Gasteiger charge is 2.43. The molecule has 0 spiro atoms. The van der Waals surface area contributed by atoms with Crippen LogP contribution in [-0.4, -0.2) is 51.0 Å². The molecule has 5 rings (SSSR count). The largest absolute Gasteiger partial charge is 0.451 e. The molecule has 0 aliphatic carbocycles. The summed E-state index contributed by atoms with van der Waals surface area (Å²) in [5.74, 6) is -1.52. The number of aryl methyl sites for hydroxylation is 1. The Hall–Kier alpha value is -3.71. The first-order valence-electron chi connectivity index (χ1n) is 10.9. The highest BCUT2D eigenvalue weighted by atomic mass is 32.2. The number of alkyl halides is 3. The van der Waals surface area contributed by atoms with E-state index in [2.05, 4.69) is 19.9 Å². The van der Waals surface area contributed by atoms with Crippen molar-refractivity contribution in [3.8, 4) is 11.3 Å². The molecule has 1 aliphatic heterocycles. The number of para-hydroxylation sites is 1. The molecule has 0 amide bonds. The summed E-state index contributed by atoms with van der Waals surface area (Å²) >= 11 is 0. The molecular formula is C23H18F3N5O4S. The van der Waals surface area contributed by atoms with E-state index in [0.717, 1.165) is 16.7 Å². The molecule has 0 unspecified atom stereocenters. The summed E-state index contributed by atoms with van der Waals surface area (Å²) in [5.41, 5.74) is 1.48. The zero-order valence-electron chi connectivity index (χ0n) is 18.5. The normalized spacial score (nSPS) is 16.7. The molecule has 13 heteroatoms. The molecule has 0 saturated carbocycles. The lowest BCUT2D eigenvalue weighted by Crippen LogP contribution is -2.54. The summed E-state index contributed by atoms with van der Waals surface area (Å²) < 4.78 is 70.7. The van der Waals surface area contributed by atoms with E-state index in [1.165, 1.54) is 18.5 Å². The summed E-state index contributed by atoms with van der Waals surface area (Å²) in [4.78, 5) is 27.6. The number of hydrogen-bond acceptors (Lipinski definition) is 8. The Morgan fingerprint density at radius 2 is 1.83 bits per heavy atom. The minimum Gasteiger partial charge on any atom is -0.443 e. The summed E-state index contributed by atoms with van der Waals surface area (Å²) in [6, 6.07) is 9.09. The molecule has 186 valence electrons. The number of aromatic nitrogens is 4. The van der Waals surface area contributed by atoms with Gasteiger partial charge in [-0.15, -0.1) is 0 Å². The number of fused-ring (bicyclic) bond motifs is 1. The van der Waals surface area contributed by atoms with Crippen LogP contribution in [0.2, 0.25) is 0 Å². The van der Waals surface area contributed by atoms with Crippen molar-refractivity contribution < 1.29 is 30.8 Å². The van der Waals surface area contributed by atoms with Crippen LogP contribution < -0.4 is 0 Å². The van der Waals surface area contributed by atoms with Gasteiger partial charge in [-0.05, 0) is 25.0 Å². The van der Waals surface area contributed by atoms with E-state index >= 15 is 0 Å². The Balaban J connectivity index is 1.25. The van der Waals surface area contributed by atoms with Gasteiger partial charge in [0.1, 0.15) is 11.9 Å². The fourth-order valence-corrected chi connectivity index (χ4v) is 5.50. The van der Waals surface area contributed by atoms with Crippen LogP contribution in [0.3, 0.4) is 0 Å². The number of halogens is 3. The molecule has 1 atom stereocenters. The maximum absolute atomic E-state index is 13.0. The van der Waals surface area contributed by atoms with Crippen LogP contribution >= 0.6 is 0 Å². The molecule has 1 fully saturated rings. The Labute approximate surface area is 203 Å². The number of carbonyl (C=O) groups is 1. The van der Waals surface area contributed by atoms with Crippen LogP contribution in [0.15, 0.2) is 64.6 Å². The van der Waals surface area contributed by atoms with E-state index in [1.807, 2.05) is 0 Å². The third kappa shape index (κ3) is 4.58. The number of nitrogens with zero attached hydrogens (tertiary/aromatic N) is 5. The van der Waals surface area contributed by atoms with Crippen LogP contribution in [0, 0.1) is 0 Å². The van der Waals surface area contributed by atoms with Crippen molar-refractivity contribution in [2.75, 3.05) is 6.54 Å². The molecule has 36 heavy (non-hydrogen) atoms. The predicted molar refractivity (Wildman–Crippen MR) is 120 cm³/mol. The van der Waals surface area contributed by atoms with Gasteiger partial charge in [-0.3, -0.25) is 4.79 Å². The third-order valence-electron chi connectivity index (χ3n) is 5.86. The topological polar surface area (TPSA) is 119 Å². The van der Waals surface area contributed by atoms with Crippen LogP contribution in [0.25, 0.3) is 22.2 Å². The Morgan fingerprint density at radius 3 is 2.50 bits per heavy atom. The lowest BCUT2D eigenvalue weighted by Gasteiger charge is -2.37. The SMILES string of the molecule is O=C(CCc1cc(-c2cnc(C(F)(F)F)nc2)ncn1)[C@@H]1CCN1S(=O)(=O)c1cc2ccccc2o1. The van der Waals surface area contributed by atoms with Gasteiger partial charge in [0, 0.05) is 48.1 Å². The highest BCUT2D eigenvalue weighted by Crippen LogP contribution is 2.32. The van der Waals surface area contributed by atoms with Crippen LogP contribution in [0.1, 0.15) is 24.4 Å². The van der Waals surface area contributed by atoms with Gasteiger partial charge in [0.15, 0.2) is 5.78 Å². The van der Waals surface area contributed by atoms with Crippen LogP contribution in [0.4, 0.5) is 13.2 Å². The molecule has 3 aromatic heterocycles. The van der Waals surface area contributed by atoms with E-state index in [4.69, 9.17) is 4.42 Å². The second-order valence-electron chi connectivity index (χ2n) is 8.18. The minimum absolute atomic E-state index is 0.0246. The molecule has 0 radical (unpaired) electrons. The number of furan rings is 1. The first kappa shape index (κ1) is 24.0. The van der Waals surface area contributed by atoms with Crippen molar-refractivity contribution in [2.24, 2.45) is 0 Å². The van der Waals surface area contributed by atoms with Crippen LogP contribution in [0.5, 0.6) is 0 Å². The Bertz CT molecular complexity index is 1500. The van der Waals surface area contributed by atoms with Gasteiger partial charge >= 0.3 is 6.18 Å². The molecule has 9 nitrogen and oxygen atoms in total. The molecule has 1 saturated heterocycles. The monoisotopic (exact) mass is 517 g/mol. The number of sulfonamides is 1. The van der Waals surface area contributed by atoms with Gasteiger partial charge in [0.05, 0.1) is 11.7 Å². The van der Waals surface area contributed by atoms with Gasteiger partial charge in [-0.25, -0.2) is 28.4 Å². The fourth-order valence-electron chi connectivity index (χ4n) is 3.89. The third-order valence-corrected chi connectivity index (χ3v) is 7.62. The first-order valence-corrected chi connectivity index (χ1v) is 12.3. The van der Waals surface area contributed by atoms with Crippen LogP contribution in [-0.2, 0) is 27.4 Å². The van der Waals surface area contributed by atoms with E-state index in [-0.39, 0.29) is 35.8 Å². The van der Waals surface area contributed by atoms with Gasteiger partial charge < -0.3 is 4.42 Å². The fraction of sp³-hybridized carbons (Fsp3) is 0.261. The highest BCUT2D eigenvalue weighted by molar-refractivity contribution is 7.89. The zero-order valence-corrected chi connectivity index (χ0v) is 19.3. The van der Waals surface area contributed by atoms with E-state index < -0.39 is 28.1 Å². The van der Waals surface area contributed by atoms with Crippen molar-refractivity contribution in [1.82, 2.24) is 24.2 Å². The van der Waals surface area contributed by atoms with Gasteiger partial charge in [0.25, 0.3) is 10.0 Å². The number of ketones is 1. The Morgan fingerprint density at radius 1 is 1.08 bits per heavy atom. The van der Waals surface area contributed by atoms with Crippen molar-refractivity contribution in [3.05, 3.63) is 66.6 Å². The first-order chi connectivity index (χ1) is 17.1. The number of benzene rings is 1. The summed E-state index contributed by atoms with van der Waals surface area (Å²) in [5, 5.41) is 0.442. The van der Waals surface area contributed by atoms with Crippen molar-refractivity contribution >= 4 is 26.8 Å². The summed E-state index contributed by atoms with van der Waals surface area (Å²) in [6.45, 7) is 0.210. The maximum atomic E-state index is 13.0. The predicted octanol–water partition coefficient (Wildman–Crippen LogP) is 3.66. The lowest BCUT2D eigenvalue weighted by molar-refractivity contribution is -0.145. The van der Waals surface area contributed by atoms with E-state index in [1.54, 1.807) is 24.3 Å². The molecular weight excluding hydrogens is 499 g/mol. The van der Waals surface area contributed by atoms with Gasteiger partial charge in [-0.1, -0.05) is 18.2 Å². The molecule has 1 aromatic carbocycles. The van der Waals surface area contributed by atoms with Crippen molar-refractivity contribution in [3.63, 3.8) is 0 Å². The Kier molecular flexibility index (Phi) is 6.04. The van der Waals surface area contributed by atoms with Crippen molar-refractivity contribution in [2.45, 2.75) is 36.6 Å². The number of carbonyl (C=O) groups excluding carboxylic acids is 1. The van der Waals surface area contributed by atoms with E-state index in [0.29, 0.717) is 28.8 Å². The molecule has 4 aromatic rings. The standard InChI is InChI=1S/C23H18F3N5O4S/c24-23(25,26)22-27-11-15(12-28-22)17-10-16(29-13-30-17)5-6-19(32)18-7-8-31(18)36(33,34)21-9-14-3-1-2-4-20(14)35-21/h1-4,9-13,18H,5-8H2/t18-/m0/s1. The summed E-state index contributed by atoms with van der Waals surface area (Å²) in [6.07, 6.45) is -0.764. The number of Topliss-reactive ketones (excluding diaryl/α,β-unsaturated/α-hetero) is 1. The van der Waals surface area contributed by atoms with Crippen molar-refractivity contribution in [1.29, 1.82) is 0 Å². The maximum Gasteiger partial charge on any atom is 0.451 e. The van der Waals surface area contributed by atoms with Gasteiger partial charge in [0.2, 0.25) is 10.9 Å². The second kappa shape index (κ2) is 9.06. The average Bonchev–Trinajstić information content (AvgIpc) is 3.27. The minimum atomic E-state index is -4.65. The molecule has 0 N–H and O–H groups in total. The molecule has 0 bridgehead atoms. The zero-order chi connectivity index (χ0) is 25.5. The lowest BCUT2D eigenvalue weighted by atomic mass is 9.98. The summed E-state index contributed by atoms with van der Waals surface area (Å²) in [7, 11) is -3.97. The average molecular weight is 517 g/mol. The number of hydrogen-bond donors (Lipinski definition) is 0. The second-order valence-corrected chi connectivity index (χ2v) is 10.00. The van der Waals surface area contributed by atoms with E-state index in [9.17, 15) is 26.4 Å². The number of rotatable bonds is 7.